The Balaban J connectivity index is 1.98. The molecule has 1 aromatic heterocycles. The molecule has 2 rings (SSSR count). The molecule has 0 amide bonds. The second-order valence-electron chi connectivity index (χ2n) is 4.90. The lowest BCUT2D eigenvalue weighted by Crippen LogP contribution is -2.36. The van der Waals surface area contributed by atoms with E-state index in [9.17, 15) is 0 Å². The minimum Gasteiger partial charge on any atom is -0.493 e. The van der Waals surface area contributed by atoms with Gasteiger partial charge < -0.3 is 20.1 Å². The normalized spacial score (nSPS) is 11.1. The third kappa shape index (κ3) is 4.86. The summed E-state index contributed by atoms with van der Waals surface area (Å²) in [6.07, 6.45) is 1.77. The van der Waals surface area contributed by atoms with Crippen molar-refractivity contribution >= 4 is 21.9 Å². The minimum atomic E-state index is 0.586. The molecule has 0 fully saturated rings. The Bertz CT molecular complexity index is 692. The first-order valence-corrected chi connectivity index (χ1v) is 8.22. The van der Waals surface area contributed by atoms with Gasteiger partial charge >= 0.3 is 0 Å². The average molecular weight is 393 g/mol. The number of nitrogens with one attached hydrogen (secondary N) is 2. The van der Waals surface area contributed by atoms with Crippen LogP contribution in [0.15, 0.2) is 46.0 Å². The van der Waals surface area contributed by atoms with Crippen LogP contribution in [0.1, 0.15) is 11.3 Å². The van der Waals surface area contributed by atoms with Crippen molar-refractivity contribution in [3.63, 3.8) is 0 Å². The van der Waals surface area contributed by atoms with E-state index >= 15 is 0 Å². The number of halogens is 1. The highest BCUT2D eigenvalue weighted by atomic mass is 79.9. The fourth-order valence-corrected chi connectivity index (χ4v) is 2.57. The van der Waals surface area contributed by atoms with Crippen LogP contribution in [0.4, 0.5) is 0 Å². The molecule has 0 radical (unpaired) electrons. The number of benzene rings is 1. The Labute approximate surface area is 150 Å². The molecule has 1 aromatic carbocycles. The maximum absolute atomic E-state index is 5.34. The summed E-state index contributed by atoms with van der Waals surface area (Å²) in [5.41, 5.74) is 1.99. The fraction of sp³-hybridized carbons (Fsp3) is 0.294. The Kier molecular flexibility index (Phi) is 6.87. The SMILES string of the molecule is CN=C(NCc1ccccn1)NCc1cc(OC)c(OC)cc1Br. The van der Waals surface area contributed by atoms with E-state index in [1.54, 1.807) is 27.5 Å². The summed E-state index contributed by atoms with van der Waals surface area (Å²) in [5.74, 6) is 2.07. The number of rotatable bonds is 6. The number of hydrogen-bond acceptors (Lipinski definition) is 4. The number of guanidine groups is 1. The van der Waals surface area contributed by atoms with E-state index in [0.29, 0.717) is 30.5 Å². The van der Waals surface area contributed by atoms with E-state index < -0.39 is 0 Å². The number of pyridine rings is 1. The van der Waals surface area contributed by atoms with Gasteiger partial charge in [0.05, 0.1) is 26.5 Å². The summed E-state index contributed by atoms with van der Waals surface area (Å²) in [6, 6.07) is 9.64. The van der Waals surface area contributed by atoms with Crippen LogP contribution in [-0.2, 0) is 13.1 Å². The predicted octanol–water partition coefficient (Wildman–Crippen LogP) is 2.73. The van der Waals surface area contributed by atoms with E-state index in [1.165, 1.54) is 0 Å². The molecule has 2 N–H and O–H groups in total. The maximum Gasteiger partial charge on any atom is 0.191 e. The third-order valence-electron chi connectivity index (χ3n) is 3.39. The smallest absolute Gasteiger partial charge is 0.191 e. The van der Waals surface area contributed by atoms with Crippen LogP contribution in [0, 0.1) is 0 Å². The van der Waals surface area contributed by atoms with Gasteiger partial charge in [-0.25, -0.2) is 0 Å². The molecular formula is C17H21BrN4O2. The van der Waals surface area contributed by atoms with Gasteiger partial charge in [-0.3, -0.25) is 9.98 Å². The van der Waals surface area contributed by atoms with Crippen LogP contribution in [-0.4, -0.2) is 32.2 Å². The number of nitrogens with zero attached hydrogens (tertiary/aromatic N) is 2. The molecule has 0 bridgehead atoms. The van der Waals surface area contributed by atoms with Crippen LogP contribution in [0.5, 0.6) is 11.5 Å². The molecule has 0 atom stereocenters. The van der Waals surface area contributed by atoms with Crippen LogP contribution >= 0.6 is 15.9 Å². The zero-order chi connectivity index (χ0) is 17.4. The molecule has 0 saturated carbocycles. The van der Waals surface area contributed by atoms with E-state index in [0.717, 1.165) is 15.7 Å². The van der Waals surface area contributed by atoms with Gasteiger partial charge in [-0.2, -0.15) is 0 Å². The molecule has 6 nitrogen and oxygen atoms in total. The first kappa shape index (κ1) is 18.1. The van der Waals surface area contributed by atoms with Crippen molar-refractivity contribution in [3.05, 3.63) is 52.3 Å². The lowest BCUT2D eigenvalue weighted by atomic mass is 10.2. The lowest BCUT2D eigenvalue weighted by Gasteiger charge is -2.15. The predicted molar refractivity (Wildman–Crippen MR) is 98.5 cm³/mol. The van der Waals surface area contributed by atoms with Crippen LogP contribution in [0.25, 0.3) is 0 Å². The number of methoxy groups -OCH3 is 2. The van der Waals surface area contributed by atoms with Crippen molar-refractivity contribution in [2.24, 2.45) is 4.99 Å². The van der Waals surface area contributed by atoms with E-state index in [1.807, 2.05) is 30.3 Å². The third-order valence-corrected chi connectivity index (χ3v) is 4.12. The molecule has 0 aliphatic carbocycles. The average Bonchev–Trinajstić information content (AvgIpc) is 2.63. The van der Waals surface area contributed by atoms with Crippen LogP contribution in [0.2, 0.25) is 0 Å². The first-order chi connectivity index (χ1) is 11.7. The standard InChI is InChI=1S/C17H21BrN4O2/c1-19-17(22-11-13-6-4-5-7-20-13)21-10-12-8-15(23-2)16(24-3)9-14(12)18/h4-9H,10-11H2,1-3H3,(H2,19,21,22). The molecule has 0 aliphatic rings. The number of aliphatic imine (C=N–C) groups is 1. The van der Waals surface area contributed by atoms with E-state index in [4.69, 9.17) is 9.47 Å². The van der Waals surface area contributed by atoms with Gasteiger partial charge in [0.25, 0.3) is 0 Å². The van der Waals surface area contributed by atoms with Gasteiger partial charge in [0.1, 0.15) is 0 Å². The summed E-state index contributed by atoms with van der Waals surface area (Å²) in [7, 11) is 4.97. The highest BCUT2D eigenvalue weighted by molar-refractivity contribution is 9.10. The summed E-state index contributed by atoms with van der Waals surface area (Å²) < 4.78 is 11.6. The summed E-state index contributed by atoms with van der Waals surface area (Å²) in [4.78, 5) is 8.50. The molecule has 1 heterocycles. The molecule has 0 saturated heterocycles. The molecule has 2 aromatic rings. The number of hydrogen-bond donors (Lipinski definition) is 2. The summed E-state index contributed by atoms with van der Waals surface area (Å²) >= 11 is 3.55. The van der Waals surface area contributed by atoms with Crippen LogP contribution in [0.3, 0.4) is 0 Å². The van der Waals surface area contributed by atoms with Gasteiger partial charge in [0, 0.05) is 24.3 Å². The quantitative estimate of drug-likeness (QED) is 0.584. The van der Waals surface area contributed by atoms with Crippen molar-refractivity contribution in [3.8, 4) is 11.5 Å². The molecule has 0 aliphatic heterocycles. The van der Waals surface area contributed by atoms with E-state index in [2.05, 4.69) is 36.5 Å². The number of ether oxygens (including phenoxy) is 2. The maximum atomic E-state index is 5.34. The Morgan fingerprint density at radius 3 is 2.46 bits per heavy atom. The molecule has 7 heteroatoms. The van der Waals surface area contributed by atoms with Gasteiger partial charge in [-0.1, -0.05) is 22.0 Å². The Morgan fingerprint density at radius 1 is 1.12 bits per heavy atom. The minimum absolute atomic E-state index is 0.586. The highest BCUT2D eigenvalue weighted by Gasteiger charge is 2.10. The van der Waals surface area contributed by atoms with Crippen molar-refractivity contribution in [2.45, 2.75) is 13.1 Å². The molecular weight excluding hydrogens is 372 g/mol. The second kappa shape index (κ2) is 9.12. The molecule has 0 unspecified atom stereocenters. The second-order valence-corrected chi connectivity index (χ2v) is 5.75. The van der Waals surface area contributed by atoms with E-state index in [-0.39, 0.29) is 0 Å². The largest absolute Gasteiger partial charge is 0.493 e. The van der Waals surface area contributed by atoms with Crippen molar-refractivity contribution in [1.82, 2.24) is 15.6 Å². The molecule has 128 valence electrons. The van der Waals surface area contributed by atoms with Crippen molar-refractivity contribution in [1.29, 1.82) is 0 Å². The topological polar surface area (TPSA) is 67.8 Å². The summed E-state index contributed by atoms with van der Waals surface area (Å²) in [5, 5.41) is 6.50. The van der Waals surface area contributed by atoms with Gasteiger partial charge in [-0.15, -0.1) is 0 Å². The zero-order valence-corrected chi connectivity index (χ0v) is 15.6. The van der Waals surface area contributed by atoms with Gasteiger partial charge in [-0.05, 0) is 29.8 Å². The number of aromatic nitrogens is 1. The van der Waals surface area contributed by atoms with Crippen molar-refractivity contribution in [2.75, 3.05) is 21.3 Å². The fourth-order valence-electron chi connectivity index (χ4n) is 2.11. The lowest BCUT2D eigenvalue weighted by molar-refractivity contribution is 0.354. The van der Waals surface area contributed by atoms with Gasteiger partial charge in [0.15, 0.2) is 17.5 Å². The Morgan fingerprint density at radius 2 is 1.83 bits per heavy atom. The molecule has 0 spiro atoms. The van der Waals surface area contributed by atoms with Crippen LogP contribution < -0.4 is 20.1 Å². The molecule has 24 heavy (non-hydrogen) atoms. The highest BCUT2D eigenvalue weighted by Crippen LogP contribution is 2.33. The zero-order valence-electron chi connectivity index (χ0n) is 14.0. The first-order valence-electron chi connectivity index (χ1n) is 7.42. The Hall–Kier alpha value is -2.28. The monoisotopic (exact) mass is 392 g/mol. The van der Waals surface area contributed by atoms with Crippen molar-refractivity contribution < 1.29 is 9.47 Å². The summed E-state index contributed by atoms with van der Waals surface area (Å²) in [6.45, 7) is 1.19. The van der Waals surface area contributed by atoms with Gasteiger partial charge in [0.2, 0.25) is 0 Å².